The van der Waals surface area contributed by atoms with E-state index in [9.17, 15) is 0 Å². The van der Waals surface area contributed by atoms with Gasteiger partial charge in [0, 0.05) is 69.3 Å². The summed E-state index contributed by atoms with van der Waals surface area (Å²) in [5.74, 6) is 2.33. The third-order valence-electron chi connectivity index (χ3n) is 7.94. The second kappa shape index (κ2) is 10.3. The van der Waals surface area contributed by atoms with Gasteiger partial charge in [0.15, 0.2) is 0 Å². The summed E-state index contributed by atoms with van der Waals surface area (Å²) in [5.41, 5.74) is 7.10. The number of methoxy groups -OCH3 is 1. The molecular formula is C30H35N7O2. The summed E-state index contributed by atoms with van der Waals surface area (Å²) in [4.78, 5) is 11.8. The fourth-order valence-corrected chi connectivity index (χ4v) is 5.97. The smallest absolute Gasteiger partial charge is 0.130 e. The normalized spacial score (nSPS) is 15.2. The van der Waals surface area contributed by atoms with Crippen molar-refractivity contribution in [2.75, 3.05) is 39.3 Å². The van der Waals surface area contributed by atoms with Crippen LogP contribution in [0.3, 0.4) is 0 Å². The van der Waals surface area contributed by atoms with Crippen molar-refractivity contribution in [3.63, 3.8) is 0 Å². The van der Waals surface area contributed by atoms with Crippen molar-refractivity contribution >= 4 is 27.8 Å². The summed E-state index contributed by atoms with van der Waals surface area (Å²) in [5, 5.41) is 9.56. The average Bonchev–Trinajstić information content (AvgIpc) is 3.47. The molecule has 202 valence electrons. The maximum atomic E-state index is 5.92. The highest BCUT2D eigenvalue weighted by Gasteiger charge is 2.28. The number of ether oxygens (including phenoxy) is 2. The molecule has 0 bridgehead atoms. The van der Waals surface area contributed by atoms with Crippen molar-refractivity contribution in [2.24, 2.45) is 13.0 Å². The molecule has 5 heterocycles. The molecule has 0 saturated carbocycles. The number of benzene rings is 1. The topological polar surface area (TPSA) is 83.1 Å². The van der Waals surface area contributed by atoms with Crippen LogP contribution >= 0.6 is 0 Å². The SMILES string of the molecule is COc1ccccc1C(CC1CCOCC1)n1c2cc(N(C)C)ncc2c2ncc(-c3c(C)nnn3C)cc21. The summed E-state index contributed by atoms with van der Waals surface area (Å²) in [6, 6.07) is 12.8. The van der Waals surface area contributed by atoms with Gasteiger partial charge in [0.2, 0.25) is 0 Å². The van der Waals surface area contributed by atoms with E-state index < -0.39 is 0 Å². The molecule has 9 heteroatoms. The number of aryl methyl sites for hydroxylation is 2. The molecule has 1 saturated heterocycles. The third-order valence-corrected chi connectivity index (χ3v) is 7.94. The van der Waals surface area contributed by atoms with E-state index in [2.05, 4.69) is 45.2 Å². The number of nitrogens with zero attached hydrogens (tertiary/aromatic N) is 7. The van der Waals surface area contributed by atoms with Gasteiger partial charge in [-0.1, -0.05) is 23.4 Å². The van der Waals surface area contributed by atoms with Gasteiger partial charge in [-0.15, -0.1) is 5.10 Å². The molecule has 1 aliphatic heterocycles. The van der Waals surface area contributed by atoms with Crippen LogP contribution in [-0.2, 0) is 11.8 Å². The second-order valence-corrected chi connectivity index (χ2v) is 10.6. The number of para-hydroxylation sites is 1. The molecule has 1 unspecified atom stereocenters. The Morgan fingerprint density at radius 2 is 1.87 bits per heavy atom. The quantitative estimate of drug-likeness (QED) is 0.290. The minimum absolute atomic E-state index is 0.0319. The summed E-state index contributed by atoms with van der Waals surface area (Å²) < 4.78 is 15.9. The van der Waals surface area contributed by atoms with E-state index in [0.29, 0.717) is 5.92 Å². The highest BCUT2D eigenvalue weighted by atomic mass is 16.5. The van der Waals surface area contributed by atoms with Crippen LogP contribution in [0.5, 0.6) is 5.75 Å². The van der Waals surface area contributed by atoms with Crippen LogP contribution in [0, 0.1) is 12.8 Å². The Balaban J connectivity index is 1.66. The number of anilines is 1. The Bertz CT molecular complexity index is 1610. The predicted molar refractivity (Wildman–Crippen MR) is 153 cm³/mol. The van der Waals surface area contributed by atoms with Crippen molar-refractivity contribution in [1.82, 2.24) is 29.5 Å². The zero-order chi connectivity index (χ0) is 27.1. The summed E-state index contributed by atoms with van der Waals surface area (Å²) in [6.45, 7) is 3.60. The molecule has 1 atom stereocenters. The van der Waals surface area contributed by atoms with Crippen molar-refractivity contribution < 1.29 is 9.47 Å². The number of rotatable bonds is 7. The molecule has 0 spiro atoms. The third kappa shape index (κ3) is 4.50. The lowest BCUT2D eigenvalue weighted by Gasteiger charge is -2.30. The fraction of sp³-hybridized carbons (Fsp3) is 0.400. The van der Waals surface area contributed by atoms with E-state index in [0.717, 1.165) is 88.5 Å². The van der Waals surface area contributed by atoms with Gasteiger partial charge in [0.05, 0.1) is 41.1 Å². The predicted octanol–water partition coefficient (Wildman–Crippen LogP) is 5.17. The Kier molecular flexibility index (Phi) is 6.68. The van der Waals surface area contributed by atoms with Crippen LogP contribution in [0.15, 0.2) is 48.8 Å². The molecule has 0 amide bonds. The Labute approximate surface area is 228 Å². The molecular weight excluding hydrogens is 490 g/mol. The van der Waals surface area contributed by atoms with Gasteiger partial charge in [-0.25, -0.2) is 9.67 Å². The molecule has 6 rings (SSSR count). The van der Waals surface area contributed by atoms with Crippen LogP contribution < -0.4 is 9.64 Å². The number of pyridine rings is 2. The first-order chi connectivity index (χ1) is 19.0. The number of aromatic nitrogens is 6. The van der Waals surface area contributed by atoms with Gasteiger partial charge in [0.25, 0.3) is 0 Å². The van der Waals surface area contributed by atoms with E-state index in [1.165, 1.54) is 0 Å². The maximum Gasteiger partial charge on any atom is 0.130 e. The first-order valence-electron chi connectivity index (χ1n) is 13.5. The largest absolute Gasteiger partial charge is 0.496 e. The van der Waals surface area contributed by atoms with E-state index >= 15 is 0 Å². The van der Waals surface area contributed by atoms with E-state index in [1.54, 1.807) is 7.11 Å². The molecule has 0 aliphatic carbocycles. The lowest BCUT2D eigenvalue weighted by molar-refractivity contribution is 0.0609. The van der Waals surface area contributed by atoms with Crippen molar-refractivity contribution in [2.45, 2.75) is 32.2 Å². The van der Waals surface area contributed by atoms with Crippen molar-refractivity contribution in [1.29, 1.82) is 0 Å². The van der Waals surface area contributed by atoms with Gasteiger partial charge >= 0.3 is 0 Å². The van der Waals surface area contributed by atoms with E-state index in [4.69, 9.17) is 19.4 Å². The molecule has 0 N–H and O–H groups in total. The number of fused-ring (bicyclic) bond motifs is 3. The monoisotopic (exact) mass is 525 g/mol. The van der Waals surface area contributed by atoms with Crippen molar-refractivity contribution in [3.8, 4) is 17.0 Å². The minimum Gasteiger partial charge on any atom is -0.496 e. The van der Waals surface area contributed by atoms with Crippen LogP contribution in [0.1, 0.15) is 36.6 Å². The minimum atomic E-state index is 0.0319. The Morgan fingerprint density at radius 1 is 1.08 bits per heavy atom. The molecule has 5 aromatic rings. The van der Waals surface area contributed by atoms with Crippen LogP contribution in [-0.4, -0.2) is 63.9 Å². The maximum absolute atomic E-state index is 5.92. The standard InChI is InChI=1S/C30H35N7O2/c1-19-30(36(4)34-33-19)21-15-26-29(32-17-21)23-18-31-28(35(2)3)16-25(23)37(26)24(14-20-10-12-39-13-11-20)22-8-6-7-9-27(22)38-5/h6-9,15-18,20,24H,10-14H2,1-5H3. The molecule has 1 aliphatic rings. The highest BCUT2D eigenvalue weighted by Crippen LogP contribution is 2.42. The molecule has 39 heavy (non-hydrogen) atoms. The first kappa shape index (κ1) is 25.3. The summed E-state index contributed by atoms with van der Waals surface area (Å²) in [6.07, 6.45) is 6.96. The van der Waals surface area contributed by atoms with Gasteiger partial charge in [-0.2, -0.15) is 0 Å². The highest BCUT2D eigenvalue weighted by molar-refractivity contribution is 6.07. The number of hydrogen-bond donors (Lipinski definition) is 0. The zero-order valence-corrected chi connectivity index (χ0v) is 23.3. The first-order valence-corrected chi connectivity index (χ1v) is 13.5. The molecule has 0 radical (unpaired) electrons. The average molecular weight is 526 g/mol. The molecule has 1 fully saturated rings. The van der Waals surface area contributed by atoms with E-state index in [1.807, 2.05) is 56.1 Å². The Morgan fingerprint density at radius 3 is 2.59 bits per heavy atom. The van der Waals surface area contributed by atoms with Gasteiger partial charge < -0.3 is 18.9 Å². The van der Waals surface area contributed by atoms with Gasteiger partial charge in [-0.3, -0.25) is 4.98 Å². The zero-order valence-electron chi connectivity index (χ0n) is 23.3. The lowest BCUT2D eigenvalue weighted by atomic mass is 9.88. The fourth-order valence-electron chi connectivity index (χ4n) is 5.97. The van der Waals surface area contributed by atoms with Crippen LogP contribution in [0.25, 0.3) is 33.2 Å². The molecule has 4 aromatic heterocycles. The van der Waals surface area contributed by atoms with Crippen LogP contribution in [0.4, 0.5) is 5.82 Å². The number of hydrogen-bond acceptors (Lipinski definition) is 7. The Hall–Kier alpha value is -3.98. The van der Waals surface area contributed by atoms with Gasteiger partial charge in [0.1, 0.15) is 11.6 Å². The summed E-state index contributed by atoms with van der Waals surface area (Å²) >= 11 is 0. The lowest BCUT2D eigenvalue weighted by Crippen LogP contribution is -2.22. The second-order valence-electron chi connectivity index (χ2n) is 10.6. The van der Waals surface area contributed by atoms with Crippen LogP contribution in [0.2, 0.25) is 0 Å². The van der Waals surface area contributed by atoms with E-state index in [-0.39, 0.29) is 6.04 Å². The van der Waals surface area contributed by atoms with Crippen molar-refractivity contribution in [3.05, 3.63) is 60.0 Å². The summed E-state index contributed by atoms with van der Waals surface area (Å²) in [7, 11) is 7.72. The van der Waals surface area contributed by atoms with Gasteiger partial charge in [-0.05, 0) is 44.2 Å². The molecule has 1 aromatic carbocycles. The molecule has 9 nitrogen and oxygen atoms in total.